The molecule has 0 spiro atoms. The van der Waals surface area contributed by atoms with E-state index in [4.69, 9.17) is 26.5 Å². The maximum absolute atomic E-state index is 9.55. The van der Waals surface area contributed by atoms with Gasteiger partial charge in [-0.15, -0.1) is 5.10 Å². The molecule has 4 rings (SSSR count). The molecule has 0 bridgehead atoms. The van der Waals surface area contributed by atoms with Crippen LogP contribution in [0.2, 0.25) is 5.02 Å². The van der Waals surface area contributed by atoms with Crippen LogP contribution < -0.4 is 10.5 Å². The average Bonchev–Trinajstić information content (AvgIpc) is 3.22. The summed E-state index contributed by atoms with van der Waals surface area (Å²) in [6.07, 6.45) is 0. The Morgan fingerprint density at radius 2 is 2.00 bits per heavy atom. The van der Waals surface area contributed by atoms with Gasteiger partial charge in [0.2, 0.25) is 11.8 Å². The van der Waals surface area contributed by atoms with Gasteiger partial charge in [0.1, 0.15) is 23.2 Å². The van der Waals surface area contributed by atoms with Crippen LogP contribution in [0.1, 0.15) is 22.9 Å². The van der Waals surface area contributed by atoms with Gasteiger partial charge in [-0.05, 0) is 43.3 Å². The van der Waals surface area contributed by atoms with E-state index in [2.05, 4.69) is 16.3 Å². The van der Waals surface area contributed by atoms with Gasteiger partial charge in [0.05, 0.1) is 11.5 Å². The Hall–Kier alpha value is -3.17. The number of aromatic nitrogens is 2. The van der Waals surface area contributed by atoms with Crippen molar-refractivity contribution in [3.8, 4) is 23.3 Å². The Bertz CT molecular complexity index is 1020. The molecule has 3 heterocycles. The molecule has 1 aliphatic heterocycles. The van der Waals surface area contributed by atoms with Crippen LogP contribution in [0.4, 0.5) is 0 Å². The largest absolute Gasteiger partial charge is 0.460 e. The van der Waals surface area contributed by atoms with Crippen molar-refractivity contribution in [1.29, 1.82) is 5.26 Å². The van der Waals surface area contributed by atoms with Gasteiger partial charge in [-0.3, -0.25) is 5.10 Å². The minimum absolute atomic E-state index is 0.0379. The molecule has 0 unspecified atom stereocenters. The van der Waals surface area contributed by atoms with Crippen LogP contribution in [0, 0.1) is 18.3 Å². The molecule has 0 fully saturated rings. The zero-order valence-electron chi connectivity index (χ0n) is 13.2. The predicted octanol–water partition coefficient (Wildman–Crippen LogP) is 3.85. The van der Waals surface area contributed by atoms with Crippen molar-refractivity contribution in [2.75, 3.05) is 0 Å². The first-order valence-corrected chi connectivity index (χ1v) is 7.94. The van der Waals surface area contributed by atoms with Gasteiger partial charge in [-0.1, -0.05) is 11.6 Å². The van der Waals surface area contributed by atoms with Gasteiger partial charge >= 0.3 is 0 Å². The van der Waals surface area contributed by atoms with Crippen molar-refractivity contribution in [3.05, 3.63) is 69.9 Å². The van der Waals surface area contributed by atoms with Gasteiger partial charge < -0.3 is 14.9 Å². The lowest BCUT2D eigenvalue weighted by Gasteiger charge is -2.21. The number of aromatic amines is 1. The van der Waals surface area contributed by atoms with E-state index in [1.807, 2.05) is 31.2 Å². The number of halogens is 1. The normalized spacial score (nSPS) is 16.3. The Labute approximate surface area is 148 Å². The summed E-state index contributed by atoms with van der Waals surface area (Å²) in [5.41, 5.74) is 8.64. The van der Waals surface area contributed by atoms with Crippen molar-refractivity contribution in [2.45, 2.75) is 12.8 Å². The maximum Gasteiger partial charge on any atom is 0.244 e. The smallest absolute Gasteiger partial charge is 0.244 e. The molecule has 0 radical (unpaired) electrons. The average molecular weight is 353 g/mol. The Morgan fingerprint density at radius 3 is 2.72 bits per heavy atom. The van der Waals surface area contributed by atoms with E-state index in [0.29, 0.717) is 28.0 Å². The molecule has 1 aliphatic rings. The second kappa shape index (κ2) is 5.72. The number of furan rings is 1. The van der Waals surface area contributed by atoms with Crippen molar-refractivity contribution in [1.82, 2.24) is 10.2 Å². The van der Waals surface area contributed by atoms with E-state index in [-0.39, 0.29) is 5.88 Å². The van der Waals surface area contributed by atoms with Crippen molar-refractivity contribution in [2.24, 2.45) is 5.73 Å². The number of allylic oxidation sites excluding steroid dienone is 1. The fraction of sp³-hybridized carbons (Fsp3) is 0.111. The highest BCUT2D eigenvalue weighted by atomic mass is 35.5. The van der Waals surface area contributed by atoms with Crippen LogP contribution in [0.25, 0.3) is 11.3 Å². The summed E-state index contributed by atoms with van der Waals surface area (Å²) in [6.45, 7) is 1.86. The van der Waals surface area contributed by atoms with Gasteiger partial charge in [0.15, 0.2) is 0 Å². The molecule has 0 aliphatic carbocycles. The maximum atomic E-state index is 9.55. The van der Waals surface area contributed by atoms with Crippen LogP contribution in [0.15, 0.2) is 52.3 Å². The van der Waals surface area contributed by atoms with Crippen LogP contribution >= 0.6 is 11.6 Å². The van der Waals surface area contributed by atoms with Gasteiger partial charge in [0.25, 0.3) is 0 Å². The molecular weight excluding hydrogens is 340 g/mol. The number of aryl methyl sites for hydroxylation is 1. The lowest BCUT2D eigenvalue weighted by atomic mass is 9.88. The van der Waals surface area contributed by atoms with E-state index < -0.39 is 5.92 Å². The molecule has 124 valence electrons. The second-order valence-corrected chi connectivity index (χ2v) is 6.14. The number of nitriles is 1. The van der Waals surface area contributed by atoms with E-state index in [0.717, 1.165) is 16.8 Å². The topological polar surface area (TPSA) is 101 Å². The minimum Gasteiger partial charge on any atom is -0.460 e. The van der Waals surface area contributed by atoms with E-state index >= 15 is 0 Å². The molecule has 0 saturated heterocycles. The SMILES string of the molecule is Cc1[nH]nc2c1[C@H](c1ccc(-c3ccc(Cl)cc3)o1)C(C#N)=C(N)O2. The summed E-state index contributed by atoms with van der Waals surface area (Å²) in [4.78, 5) is 0. The molecule has 6 nitrogen and oxygen atoms in total. The molecule has 3 N–H and O–H groups in total. The molecule has 1 aromatic carbocycles. The number of benzene rings is 1. The third-order valence-corrected chi connectivity index (χ3v) is 4.42. The van der Waals surface area contributed by atoms with Crippen LogP contribution in [-0.2, 0) is 0 Å². The molecule has 3 aromatic rings. The summed E-state index contributed by atoms with van der Waals surface area (Å²) < 4.78 is 11.5. The third kappa shape index (κ3) is 2.46. The van der Waals surface area contributed by atoms with Gasteiger partial charge in [-0.25, -0.2) is 0 Å². The lowest BCUT2D eigenvalue weighted by Crippen LogP contribution is -2.20. The highest BCUT2D eigenvalue weighted by Gasteiger charge is 2.36. The quantitative estimate of drug-likeness (QED) is 0.729. The van der Waals surface area contributed by atoms with Gasteiger partial charge in [0, 0.05) is 16.3 Å². The zero-order chi connectivity index (χ0) is 17.6. The fourth-order valence-corrected chi connectivity index (χ4v) is 3.09. The number of H-pyrrole nitrogens is 1. The second-order valence-electron chi connectivity index (χ2n) is 5.70. The van der Waals surface area contributed by atoms with Crippen LogP contribution in [-0.4, -0.2) is 10.2 Å². The standard InChI is InChI=1S/C18H13ClN4O2/c1-9-15-16(12(8-20)17(21)25-18(15)23-22-9)14-7-6-13(24-14)10-2-4-11(19)5-3-10/h2-7,16H,21H2,1H3,(H,22,23)/t16-/m0/s1. The molecule has 2 aromatic heterocycles. The van der Waals surface area contributed by atoms with Crippen molar-refractivity contribution in [3.63, 3.8) is 0 Å². The number of nitrogens with two attached hydrogens (primary N) is 1. The number of hydrogen-bond donors (Lipinski definition) is 2. The molecule has 0 saturated carbocycles. The van der Waals surface area contributed by atoms with E-state index in [9.17, 15) is 5.26 Å². The molecule has 1 atom stereocenters. The first-order chi connectivity index (χ1) is 12.1. The zero-order valence-corrected chi connectivity index (χ0v) is 14.0. The number of nitrogens with zero attached hydrogens (tertiary/aromatic N) is 2. The van der Waals surface area contributed by atoms with Crippen LogP contribution in [0.3, 0.4) is 0 Å². The third-order valence-electron chi connectivity index (χ3n) is 4.17. The summed E-state index contributed by atoms with van der Waals surface area (Å²) in [5, 5.41) is 17.2. The number of fused-ring (bicyclic) bond motifs is 1. The first kappa shape index (κ1) is 15.4. The fourth-order valence-electron chi connectivity index (χ4n) is 2.96. The minimum atomic E-state index is -0.464. The van der Waals surface area contributed by atoms with Crippen molar-refractivity contribution >= 4 is 11.6 Å². The first-order valence-electron chi connectivity index (χ1n) is 7.56. The van der Waals surface area contributed by atoms with E-state index in [1.54, 1.807) is 12.1 Å². The van der Waals surface area contributed by atoms with Crippen LogP contribution in [0.5, 0.6) is 5.88 Å². The Balaban J connectivity index is 1.82. The Kier molecular flexibility index (Phi) is 3.52. The summed E-state index contributed by atoms with van der Waals surface area (Å²) in [7, 11) is 0. The highest BCUT2D eigenvalue weighted by Crippen LogP contribution is 2.43. The Morgan fingerprint density at radius 1 is 1.24 bits per heavy atom. The number of hydrogen-bond acceptors (Lipinski definition) is 5. The monoisotopic (exact) mass is 352 g/mol. The molecule has 7 heteroatoms. The molecule has 0 amide bonds. The van der Waals surface area contributed by atoms with Crippen molar-refractivity contribution < 1.29 is 9.15 Å². The van der Waals surface area contributed by atoms with Gasteiger partial charge in [-0.2, -0.15) is 5.26 Å². The highest BCUT2D eigenvalue weighted by molar-refractivity contribution is 6.30. The predicted molar refractivity (Wildman–Crippen MR) is 91.8 cm³/mol. The molecule has 25 heavy (non-hydrogen) atoms. The summed E-state index contributed by atoms with van der Waals surface area (Å²) >= 11 is 5.93. The summed E-state index contributed by atoms with van der Waals surface area (Å²) in [5.74, 6) is 1.21. The summed E-state index contributed by atoms with van der Waals surface area (Å²) in [6, 6.07) is 13.2. The molecular formula is C18H13ClN4O2. The lowest BCUT2D eigenvalue weighted by molar-refractivity contribution is 0.371. The number of ether oxygens (including phenoxy) is 1. The van der Waals surface area contributed by atoms with E-state index in [1.165, 1.54) is 0 Å². The number of nitrogens with one attached hydrogen (secondary N) is 1. The number of rotatable bonds is 2.